The monoisotopic (exact) mass is 505 g/mol. The van der Waals surface area contributed by atoms with E-state index >= 15 is 0 Å². The zero-order valence-electron chi connectivity index (χ0n) is 21.2. The van der Waals surface area contributed by atoms with E-state index in [1.165, 1.54) is 0 Å². The Morgan fingerprint density at radius 1 is 0.865 bits per heavy atom. The van der Waals surface area contributed by atoms with Gasteiger partial charge in [-0.2, -0.15) is 0 Å². The molecule has 0 unspecified atom stereocenters. The van der Waals surface area contributed by atoms with E-state index in [2.05, 4.69) is 5.32 Å². The topological polar surface area (TPSA) is 88.2 Å². The summed E-state index contributed by atoms with van der Waals surface area (Å²) in [5.74, 6) is 0.963. The van der Waals surface area contributed by atoms with Crippen LogP contribution in [0, 0.1) is 5.92 Å². The molecule has 5 rings (SSSR count). The van der Waals surface area contributed by atoms with E-state index in [9.17, 15) is 14.4 Å². The summed E-state index contributed by atoms with van der Waals surface area (Å²) in [6.07, 6.45) is 5.67. The lowest BCUT2D eigenvalue weighted by molar-refractivity contribution is -0.137. The first-order valence-electron chi connectivity index (χ1n) is 13.4. The number of benzene rings is 2. The molecule has 8 nitrogen and oxygen atoms in total. The minimum atomic E-state index is -0.613. The summed E-state index contributed by atoms with van der Waals surface area (Å²) < 4.78 is 10.8. The highest BCUT2D eigenvalue weighted by molar-refractivity contribution is 5.98. The molecule has 2 fully saturated rings. The lowest BCUT2D eigenvalue weighted by atomic mass is 9.87. The number of carbonyl (C=O) groups excluding carboxylic acids is 3. The van der Waals surface area contributed by atoms with Crippen molar-refractivity contribution in [3.05, 3.63) is 59.7 Å². The van der Waals surface area contributed by atoms with Crippen LogP contribution in [-0.4, -0.2) is 66.5 Å². The molecule has 3 heterocycles. The summed E-state index contributed by atoms with van der Waals surface area (Å²) in [6, 6.07) is 14.5. The first-order chi connectivity index (χ1) is 18.1. The number of piperidine rings is 2. The quantitative estimate of drug-likeness (QED) is 0.623. The van der Waals surface area contributed by atoms with Crippen molar-refractivity contribution in [2.45, 2.75) is 51.0 Å². The third-order valence-electron chi connectivity index (χ3n) is 7.69. The molecule has 0 aliphatic carbocycles. The fourth-order valence-electron chi connectivity index (χ4n) is 5.49. The van der Waals surface area contributed by atoms with E-state index in [0.717, 1.165) is 44.3 Å². The molecule has 3 amide bonds. The van der Waals surface area contributed by atoms with E-state index in [0.29, 0.717) is 49.4 Å². The summed E-state index contributed by atoms with van der Waals surface area (Å²) in [7, 11) is 0. The number of hydrogen-bond acceptors (Lipinski definition) is 5. The molecule has 8 heteroatoms. The van der Waals surface area contributed by atoms with E-state index in [4.69, 9.17) is 9.47 Å². The van der Waals surface area contributed by atoms with Gasteiger partial charge >= 0.3 is 0 Å². The Labute approximate surface area is 217 Å². The number of hydrogen-bond donors (Lipinski definition) is 1. The van der Waals surface area contributed by atoms with E-state index in [-0.39, 0.29) is 30.4 Å². The lowest BCUT2D eigenvalue weighted by Crippen LogP contribution is -2.55. The predicted molar refractivity (Wildman–Crippen MR) is 138 cm³/mol. The van der Waals surface area contributed by atoms with Gasteiger partial charge in [0.25, 0.3) is 5.91 Å². The van der Waals surface area contributed by atoms with Gasteiger partial charge in [-0.3, -0.25) is 14.4 Å². The van der Waals surface area contributed by atoms with Gasteiger partial charge in [-0.05, 0) is 68.2 Å². The number of nitrogens with zero attached hydrogens (tertiary/aromatic N) is 2. The van der Waals surface area contributed by atoms with Crippen LogP contribution in [0.5, 0.6) is 11.5 Å². The standard InChI is InChI=1S/C29H35N3O5/c33-26(12-9-21-7-3-1-4-8-21)31-17-13-22(14-18-31)27(29(35)32-15-5-2-6-16-32)30-28(34)23-10-11-24-25(19-23)37-20-36-24/h1,3-4,7-8,10-11,19,22,27H,2,5-6,9,12-18,20H2,(H,30,34)/t27-/m1/s1. The molecule has 0 bridgehead atoms. The van der Waals surface area contributed by atoms with Gasteiger partial charge in [0.15, 0.2) is 11.5 Å². The van der Waals surface area contributed by atoms with Crippen LogP contribution in [0.1, 0.15) is 54.4 Å². The van der Waals surface area contributed by atoms with Crippen LogP contribution in [0.15, 0.2) is 48.5 Å². The van der Waals surface area contributed by atoms with Crippen molar-refractivity contribution in [2.24, 2.45) is 5.92 Å². The molecule has 2 saturated heterocycles. The zero-order valence-corrected chi connectivity index (χ0v) is 21.2. The summed E-state index contributed by atoms with van der Waals surface area (Å²) in [4.78, 5) is 43.5. The van der Waals surface area contributed by atoms with Gasteiger partial charge in [0, 0.05) is 38.2 Å². The highest BCUT2D eigenvalue weighted by Gasteiger charge is 2.36. The number of aryl methyl sites for hydroxylation is 1. The van der Waals surface area contributed by atoms with Crippen molar-refractivity contribution in [3.63, 3.8) is 0 Å². The second-order valence-corrected chi connectivity index (χ2v) is 10.1. The second kappa shape index (κ2) is 11.7. The van der Waals surface area contributed by atoms with Crippen molar-refractivity contribution in [1.29, 1.82) is 0 Å². The first kappa shape index (κ1) is 25.1. The number of fused-ring (bicyclic) bond motifs is 1. The molecule has 2 aromatic rings. The Bertz CT molecular complexity index is 1110. The molecule has 0 aromatic heterocycles. The molecule has 1 atom stereocenters. The minimum absolute atomic E-state index is 0.0114. The molecule has 3 aliphatic rings. The summed E-state index contributed by atoms with van der Waals surface area (Å²) in [5.41, 5.74) is 1.60. The molecule has 3 aliphatic heterocycles. The number of carbonyl (C=O) groups is 3. The number of amides is 3. The van der Waals surface area contributed by atoms with Crippen molar-refractivity contribution < 1.29 is 23.9 Å². The van der Waals surface area contributed by atoms with Crippen LogP contribution in [0.2, 0.25) is 0 Å². The maximum atomic E-state index is 13.6. The van der Waals surface area contributed by atoms with E-state index in [1.807, 2.05) is 40.1 Å². The van der Waals surface area contributed by atoms with Gasteiger partial charge in [0.1, 0.15) is 6.04 Å². The maximum Gasteiger partial charge on any atom is 0.252 e. The van der Waals surface area contributed by atoms with Gasteiger partial charge in [0.05, 0.1) is 0 Å². The van der Waals surface area contributed by atoms with Crippen LogP contribution in [0.25, 0.3) is 0 Å². The van der Waals surface area contributed by atoms with Crippen molar-refractivity contribution in [1.82, 2.24) is 15.1 Å². The average Bonchev–Trinajstić information content (AvgIpc) is 3.43. The van der Waals surface area contributed by atoms with Gasteiger partial charge < -0.3 is 24.6 Å². The largest absolute Gasteiger partial charge is 0.454 e. The molecule has 0 saturated carbocycles. The smallest absolute Gasteiger partial charge is 0.252 e. The van der Waals surface area contributed by atoms with Crippen LogP contribution in [0.4, 0.5) is 0 Å². The number of nitrogens with one attached hydrogen (secondary N) is 1. The van der Waals surface area contributed by atoms with Crippen molar-refractivity contribution in [2.75, 3.05) is 33.0 Å². The Balaban J connectivity index is 1.23. The second-order valence-electron chi connectivity index (χ2n) is 10.1. The van der Waals surface area contributed by atoms with Gasteiger partial charge in [-0.1, -0.05) is 30.3 Å². The number of ether oxygens (including phenoxy) is 2. The fourth-order valence-corrected chi connectivity index (χ4v) is 5.49. The Kier molecular flexibility index (Phi) is 7.92. The minimum Gasteiger partial charge on any atom is -0.454 e. The average molecular weight is 506 g/mol. The first-order valence-corrected chi connectivity index (χ1v) is 13.4. The molecule has 37 heavy (non-hydrogen) atoms. The van der Waals surface area contributed by atoms with Crippen LogP contribution >= 0.6 is 0 Å². The molecular weight excluding hydrogens is 470 g/mol. The zero-order chi connectivity index (χ0) is 25.6. The number of likely N-dealkylation sites (tertiary alicyclic amines) is 2. The fraction of sp³-hybridized carbons (Fsp3) is 0.483. The van der Waals surface area contributed by atoms with Crippen molar-refractivity contribution >= 4 is 17.7 Å². The van der Waals surface area contributed by atoms with Crippen LogP contribution in [0.3, 0.4) is 0 Å². The normalized spacial score (nSPS) is 18.4. The summed E-state index contributed by atoms with van der Waals surface area (Å²) in [5, 5.41) is 3.05. The molecule has 0 spiro atoms. The van der Waals surface area contributed by atoms with Crippen LogP contribution < -0.4 is 14.8 Å². The SMILES string of the molecule is O=C(N[C@@H](C(=O)N1CCCCC1)C1CCN(C(=O)CCc2ccccc2)CC1)c1ccc2c(c1)OCO2. The molecule has 196 valence electrons. The molecule has 0 radical (unpaired) electrons. The van der Waals surface area contributed by atoms with Crippen LogP contribution in [-0.2, 0) is 16.0 Å². The Morgan fingerprint density at radius 2 is 1.59 bits per heavy atom. The molecule has 2 aromatic carbocycles. The highest BCUT2D eigenvalue weighted by atomic mass is 16.7. The molecular formula is C29H35N3O5. The third kappa shape index (κ3) is 6.06. The Hall–Kier alpha value is -3.55. The Morgan fingerprint density at radius 3 is 2.35 bits per heavy atom. The predicted octanol–water partition coefficient (Wildman–Crippen LogP) is 3.40. The van der Waals surface area contributed by atoms with Gasteiger partial charge in [0.2, 0.25) is 18.6 Å². The number of rotatable bonds is 7. The van der Waals surface area contributed by atoms with Crippen molar-refractivity contribution in [3.8, 4) is 11.5 Å². The van der Waals surface area contributed by atoms with Gasteiger partial charge in [-0.25, -0.2) is 0 Å². The lowest BCUT2D eigenvalue weighted by Gasteiger charge is -2.38. The highest BCUT2D eigenvalue weighted by Crippen LogP contribution is 2.33. The molecule has 1 N–H and O–H groups in total. The van der Waals surface area contributed by atoms with Gasteiger partial charge in [-0.15, -0.1) is 0 Å². The van der Waals surface area contributed by atoms with E-state index in [1.54, 1.807) is 18.2 Å². The van der Waals surface area contributed by atoms with E-state index < -0.39 is 6.04 Å². The maximum absolute atomic E-state index is 13.6. The summed E-state index contributed by atoms with van der Waals surface area (Å²) >= 11 is 0. The summed E-state index contributed by atoms with van der Waals surface area (Å²) in [6.45, 7) is 2.79. The third-order valence-corrected chi connectivity index (χ3v) is 7.69.